The molecule has 51 heavy (non-hydrogen) atoms. The number of nitrogens with zero attached hydrogens (tertiary/aromatic N) is 3. The molecule has 3 heterocycles. The zero-order valence-corrected chi connectivity index (χ0v) is 32.0. The van der Waals surface area contributed by atoms with Gasteiger partial charge in [-0.1, -0.05) is 139 Å². The zero-order valence-electron chi connectivity index (χ0n) is 27.3. The minimum Gasteiger partial charge on any atom is -0.422 e. The first-order chi connectivity index (χ1) is 24.8. The van der Waals surface area contributed by atoms with Gasteiger partial charge in [0.2, 0.25) is 5.60 Å². The second-order valence-corrected chi connectivity index (χ2v) is 15.4. The van der Waals surface area contributed by atoms with Crippen LogP contribution >= 0.6 is 55.1 Å². The largest absolute Gasteiger partial charge is 0.422 e. The molecule has 0 aliphatic carbocycles. The number of oxime groups is 2. The van der Waals surface area contributed by atoms with E-state index in [0.717, 1.165) is 42.5 Å². The van der Waals surface area contributed by atoms with Crippen molar-refractivity contribution in [3.8, 4) is 0 Å². The fourth-order valence-electron chi connectivity index (χ4n) is 7.24. The predicted octanol–water partition coefficient (Wildman–Crippen LogP) is 11.0. The van der Waals surface area contributed by atoms with Crippen LogP contribution in [0.5, 0.6) is 0 Å². The number of benzene rings is 5. The second kappa shape index (κ2) is 13.9. The SMILES string of the molecule is C[C@H](c1ccccc1)N1C/C(=C/c2ccccc2Br)[C@]2(ON=C(c3ccc(Cl)cc3)O2)C2(C1)ON=C(c1ccc(Cl)cc1)[C@H]2c1ccccc1Br. The molecule has 1 fully saturated rings. The molecule has 2 spiro atoms. The number of hydrogen-bond donors (Lipinski definition) is 0. The summed E-state index contributed by atoms with van der Waals surface area (Å²) in [5.41, 5.74) is 4.93. The Labute approximate surface area is 323 Å². The van der Waals surface area contributed by atoms with Crippen molar-refractivity contribution in [2.45, 2.75) is 30.3 Å². The molecule has 1 unspecified atom stereocenters. The van der Waals surface area contributed by atoms with Crippen molar-refractivity contribution in [2.75, 3.05) is 13.1 Å². The summed E-state index contributed by atoms with van der Waals surface area (Å²) in [6.45, 7) is 3.09. The van der Waals surface area contributed by atoms with Crippen molar-refractivity contribution in [3.05, 3.63) is 180 Å². The molecule has 0 aromatic heterocycles. The molecular formula is C41H31Br2Cl2N3O3. The second-order valence-electron chi connectivity index (χ2n) is 12.8. The van der Waals surface area contributed by atoms with E-state index in [4.69, 9.17) is 42.8 Å². The Morgan fingerprint density at radius 1 is 0.745 bits per heavy atom. The Morgan fingerprint density at radius 2 is 1.37 bits per heavy atom. The molecule has 3 aliphatic rings. The minimum atomic E-state index is -1.55. The molecular weight excluding hydrogens is 813 g/mol. The van der Waals surface area contributed by atoms with E-state index < -0.39 is 17.3 Å². The normalized spacial score (nSPS) is 24.2. The lowest BCUT2D eigenvalue weighted by atomic mass is 9.68. The van der Waals surface area contributed by atoms with Gasteiger partial charge < -0.3 is 14.4 Å². The topological polar surface area (TPSA) is 55.7 Å². The number of halogens is 4. The first-order valence-electron chi connectivity index (χ1n) is 16.5. The molecule has 0 radical (unpaired) electrons. The van der Waals surface area contributed by atoms with Gasteiger partial charge in [-0.3, -0.25) is 4.90 Å². The van der Waals surface area contributed by atoms with Gasteiger partial charge in [-0.25, -0.2) is 0 Å². The molecule has 0 N–H and O–H groups in total. The standard InChI is InChI=1S/C41H31Br2Cl2N3O3/c1-26(27-9-3-2-4-10-27)48-24-31(23-30-11-5-7-13-35(30)42)41(49-39(47-51-41)29-17-21-33(45)22-18-29)40(25-48)37(34-12-6-8-14-36(34)43)38(46-50-40)28-15-19-32(44)20-16-28/h2-23,26,37H,24-25H2,1H3/b31-23-/t26-,37-,40?,41+/m1/s1. The van der Waals surface area contributed by atoms with Gasteiger partial charge in [0, 0.05) is 48.3 Å². The van der Waals surface area contributed by atoms with E-state index in [9.17, 15) is 0 Å². The van der Waals surface area contributed by atoms with Crippen molar-refractivity contribution < 1.29 is 14.4 Å². The van der Waals surface area contributed by atoms with Gasteiger partial charge in [0.25, 0.3) is 5.90 Å². The van der Waals surface area contributed by atoms with Crippen molar-refractivity contribution in [3.63, 3.8) is 0 Å². The molecule has 4 atom stereocenters. The summed E-state index contributed by atoms with van der Waals surface area (Å²) in [7, 11) is 0. The van der Waals surface area contributed by atoms with Crippen LogP contribution in [0.3, 0.4) is 0 Å². The van der Waals surface area contributed by atoms with Crippen LogP contribution in [0.4, 0.5) is 0 Å². The van der Waals surface area contributed by atoms with Gasteiger partial charge in [0.15, 0.2) is 0 Å². The Kier molecular flexibility index (Phi) is 9.32. The third-order valence-corrected chi connectivity index (χ3v) is 11.8. The fourth-order valence-corrected chi connectivity index (χ4v) is 8.40. The smallest absolute Gasteiger partial charge is 0.346 e. The number of piperidine rings is 1. The van der Waals surface area contributed by atoms with Crippen LogP contribution < -0.4 is 0 Å². The van der Waals surface area contributed by atoms with E-state index in [-0.39, 0.29) is 6.04 Å². The maximum Gasteiger partial charge on any atom is 0.346 e. The van der Waals surface area contributed by atoms with Gasteiger partial charge in [-0.2, -0.15) is 0 Å². The summed E-state index contributed by atoms with van der Waals surface area (Å²) in [5.74, 6) is -1.73. The molecule has 1 saturated heterocycles. The highest BCUT2D eigenvalue weighted by molar-refractivity contribution is 9.10. The molecule has 5 aromatic rings. The van der Waals surface area contributed by atoms with Crippen LogP contribution in [-0.2, 0) is 14.4 Å². The molecule has 6 nitrogen and oxygen atoms in total. The maximum atomic E-state index is 7.15. The van der Waals surface area contributed by atoms with E-state index in [1.165, 1.54) is 5.56 Å². The summed E-state index contributed by atoms with van der Waals surface area (Å²) in [4.78, 5) is 16.1. The van der Waals surface area contributed by atoms with Crippen LogP contribution in [-0.4, -0.2) is 41.0 Å². The third kappa shape index (κ3) is 6.11. The van der Waals surface area contributed by atoms with Crippen molar-refractivity contribution >= 4 is 72.7 Å². The van der Waals surface area contributed by atoms with Crippen molar-refractivity contribution in [1.82, 2.24) is 4.90 Å². The molecule has 256 valence electrons. The van der Waals surface area contributed by atoms with E-state index in [2.05, 4.69) is 91.3 Å². The van der Waals surface area contributed by atoms with Gasteiger partial charge >= 0.3 is 5.79 Å². The lowest BCUT2D eigenvalue weighted by molar-refractivity contribution is -0.279. The van der Waals surface area contributed by atoms with Gasteiger partial charge in [0.1, 0.15) is 0 Å². The van der Waals surface area contributed by atoms with E-state index >= 15 is 0 Å². The molecule has 8 rings (SSSR count). The van der Waals surface area contributed by atoms with Crippen LogP contribution in [0.1, 0.15) is 46.7 Å². The number of ether oxygens (including phenoxy) is 1. The molecule has 10 heteroatoms. The average molecular weight is 844 g/mol. The number of likely N-dealkylation sites (tertiary alicyclic amines) is 1. The van der Waals surface area contributed by atoms with Crippen LogP contribution in [0.2, 0.25) is 10.0 Å². The highest BCUT2D eigenvalue weighted by Crippen LogP contribution is 2.57. The third-order valence-electron chi connectivity index (χ3n) is 9.85. The Hall–Kier alpha value is -3.92. The quantitative estimate of drug-likeness (QED) is 0.171. The Balaban J connectivity index is 1.38. The van der Waals surface area contributed by atoms with Crippen LogP contribution in [0.15, 0.2) is 152 Å². The summed E-state index contributed by atoms with van der Waals surface area (Å²) >= 11 is 20.3. The predicted molar refractivity (Wildman–Crippen MR) is 210 cm³/mol. The number of rotatable bonds is 6. The molecule has 0 bridgehead atoms. The summed E-state index contributed by atoms with van der Waals surface area (Å²) < 4.78 is 8.98. The minimum absolute atomic E-state index is 0.0101. The Bertz CT molecular complexity index is 2180. The highest BCUT2D eigenvalue weighted by Gasteiger charge is 2.74. The fraction of sp³-hybridized carbons (Fsp3) is 0.171. The van der Waals surface area contributed by atoms with Gasteiger partial charge in [0.05, 0.1) is 18.2 Å². The van der Waals surface area contributed by atoms with E-state index in [1.54, 1.807) is 0 Å². The van der Waals surface area contributed by atoms with Gasteiger partial charge in [-0.15, -0.1) is 0 Å². The summed E-state index contributed by atoms with van der Waals surface area (Å²) in [6.07, 6.45) is 2.12. The molecule has 5 aromatic carbocycles. The maximum absolute atomic E-state index is 7.15. The monoisotopic (exact) mass is 841 g/mol. The lowest BCUT2D eigenvalue weighted by Crippen LogP contribution is -2.70. The number of fused-ring (bicyclic) bond motifs is 1. The van der Waals surface area contributed by atoms with E-state index in [0.29, 0.717) is 29.0 Å². The van der Waals surface area contributed by atoms with Crippen molar-refractivity contribution in [1.29, 1.82) is 0 Å². The van der Waals surface area contributed by atoms with Crippen molar-refractivity contribution in [2.24, 2.45) is 10.3 Å². The summed E-state index contributed by atoms with van der Waals surface area (Å²) in [5, 5.41) is 10.8. The molecule has 3 aliphatic heterocycles. The summed E-state index contributed by atoms with van der Waals surface area (Å²) in [6, 6.07) is 41.7. The highest BCUT2D eigenvalue weighted by atomic mass is 79.9. The lowest BCUT2D eigenvalue weighted by Gasteiger charge is -2.52. The van der Waals surface area contributed by atoms with Gasteiger partial charge in [-0.05, 0) is 83.4 Å². The first-order valence-corrected chi connectivity index (χ1v) is 18.8. The molecule has 0 saturated carbocycles. The first kappa shape index (κ1) is 34.2. The Morgan fingerprint density at radius 3 is 2.06 bits per heavy atom. The average Bonchev–Trinajstić information content (AvgIpc) is 3.76. The van der Waals surface area contributed by atoms with Crippen LogP contribution in [0.25, 0.3) is 6.08 Å². The van der Waals surface area contributed by atoms with Crippen LogP contribution in [0, 0.1) is 0 Å². The molecule has 0 amide bonds. The zero-order chi connectivity index (χ0) is 35.2. The van der Waals surface area contributed by atoms with E-state index in [1.807, 2.05) is 91.0 Å². The number of hydrogen-bond acceptors (Lipinski definition) is 6.